The van der Waals surface area contributed by atoms with Crippen molar-refractivity contribution in [3.05, 3.63) is 77.4 Å². The maximum atomic E-state index is 13.3. The third kappa shape index (κ3) is 4.17. The number of Topliss-reactive ketones (excluding diaryl/α,β-unsaturated/α-hetero) is 1. The molecule has 2 aromatic carbocycles. The largest absolute Gasteiger partial charge is 0.507 e. The molecule has 0 spiro atoms. The minimum Gasteiger partial charge on any atom is -0.507 e. The Morgan fingerprint density at radius 1 is 1.19 bits per heavy atom. The van der Waals surface area contributed by atoms with E-state index in [2.05, 4.69) is 4.98 Å². The Morgan fingerprint density at radius 3 is 2.78 bits per heavy atom. The number of carbonyl (C=O) groups excluding carboxylic acids is 2. The number of aliphatic hydroxyl groups is 1. The lowest BCUT2D eigenvalue weighted by molar-refractivity contribution is -0.139. The van der Waals surface area contributed by atoms with Crippen LogP contribution in [-0.4, -0.2) is 56.1 Å². The molecular formula is C27H27N3O6. The number of phenolic OH excluding ortho intramolecular Hbond substituents is 1. The van der Waals surface area contributed by atoms with E-state index in [1.54, 1.807) is 42.9 Å². The molecule has 0 saturated carbocycles. The molecule has 9 heteroatoms. The standard InChI is InChI=1S/C27H27N3O6/c1-16-12-19-13-18(5-7-21(19)36-16)25(32)23-24(17-4-6-20(31)22(14-17)35-2)30(27(34)26(23)33)10-3-9-29-11-8-28-15-29/h4-8,11,13-16,24,31-32H,3,9-10,12H2,1-2H3/t16-,24-/m1/s1. The number of carbonyl (C=O) groups is 2. The number of rotatable bonds is 7. The van der Waals surface area contributed by atoms with Gasteiger partial charge in [0, 0.05) is 37.5 Å². The fraction of sp³-hybridized carbons (Fsp3) is 0.296. The average Bonchev–Trinajstić information content (AvgIpc) is 3.58. The highest BCUT2D eigenvalue weighted by atomic mass is 16.5. The van der Waals surface area contributed by atoms with Crippen molar-refractivity contribution in [2.24, 2.45) is 0 Å². The predicted octanol–water partition coefficient (Wildman–Crippen LogP) is 3.43. The number of ketones is 1. The van der Waals surface area contributed by atoms with E-state index < -0.39 is 17.7 Å². The van der Waals surface area contributed by atoms with Crippen molar-refractivity contribution < 1.29 is 29.3 Å². The molecule has 1 aromatic heterocycles. The summed E-state index contributed by atoms with van der Waals surface area (Å²) in [6.45, 7) is 2.85. The lowest BCUT2D eigenvalue weighted by Crippen LogP contribution is -2.31. The number of aliphatic hydroxyl groups excluding tert-OH is 1. The minimum atomic E-state index is -0.842. The number of phenols is 1. The van der Waals surface area contributed by atoms with Gasteiger partial charge in [0.25, 0.3) is 11.7 Å². The molecule has 0 bridgehead atoms. The lowest BCUT2D eigenvalue weighted by Gasteiger charge is -2.26. The number of aromatic hydroxyl groups is 1. The summed E-state index contributed by atoms with van der Waals surface area (Å²) in [5, 5.41) is 21.5. The number of aromatic nitrogens is 2. The molecule has 0 radical (unpaired) electrons. The van der Waals surface area contributed by atoms with Crippen molar-refractivity contribution in [1.82, 2.24) is 14.5 Å². The number of hydrogen-bond donors (Lipinski definition) is 2. The van der Waals surface area contributed by atoms with E-state index in [1.807, 2.05) is 17.7 Å². The van der Waals surface area contributed by atoms with Crippen LogP contribution in [-0.2, 0) is 22.6 Å². The summed E-state index contributed by atoms with van der Waals surface area (Å²) in [7, 11) is 1.43. The van der Waals surface area contributed by atoms with Crippen LogP contribution >= 0.6 is 0 Å². The molecule has 1 amide bonds. The number of benzene rings is 2. The topological polar surface area (TPSA) is 114 Å². The molecule has 0 aliphatic carbocycles. The highest BCUT2D eigenvalue weighted by Crippen LogP contribution is 2.42. The Hall–Kier alpha value is -4.27. The van der Waals surface area contributed by atoms with Crippen molar-refractivity contribution >= 4 is 17.4 Å². The SMILES string of the molecule is COc1cc([C@@H]2C(=C(O)c3ccc4c(c3)C[C@@H](C)O4)C(=O)C(=O)N2CCCn2ccnc2)ccc1O. The molecule has 1 saturated heterocycles. The number of likely N-dealkylation sites (tertiary alicyclic amines) is 1. The van der Waals surface area contributed by atoms with Gasteiger partial charge in [0.2, 0.25) is 0 Å². The zero-order valence-electron chi connectivity index (χ0n) is 20.0. The molecular weight excluding hydrogens is 462 g/mol. The summed E-state index contributed by atoms with van der Waals surface area (Å²) >= 11 is 0. The second-order valence-electron chi connectivity index (χ2n) is 9.03. The number of hydrogen-bond acceptors (Lipinski definition) is 7. The molecule has 3 heterocycles. The van der Waals surface area contributed by atoms with Crippen molar-refractivity contribution in [2.45, 2.75) is 38.5 Å². The molecule has 2 aliphatic rings. The van der Waals surface area contributed by atoms with Crippen LogP contribution in [0.3, 0.4) is 0 Å². The normalized spacial score (nSPS) is 20.4. The van der Waals surface area contributed by atoms with Gasteiger partial charge in [-0.05, 0) is 54.8 Å². The van der Waals surface area contributed by atoms with Gasteiger partial charge in [0.05, 0.1) is 25.1 Å². The van der Waals surface area contributed by atoms with Gasteiger partial charge >= 0.3 is 0 Å². The smallest absolute Gasteiger partial charge is 0.295 e. The maximum absolute atomic E-state index is 13.3. The van der Waals surface area contributed by atoms with Gasteiger partial charge < -0.3 is 29.2 Å². The number of ether oxygens (including phenoxy) is 2. The second kappa shape index (κ2) is 9.41. The Bertz CT molecular complexity index is 1350. The van der Waals surface area contributed by atoms with Crippen LogP contribution < -0.4 is 9.47 Å². The summed E-state index contributed by atoms with van der Waals surface area (Å²) < 4.78 is 12.9. The van der Waals surface area contributed by atoms with E-state index in [0.29, 0.717) is 30.5 Å². The zero-order valence-corrected chi connectivity index (χ0v) is 20.0. The summed E-state index contributed by atoms with van der Waals surface area (Å²) in [4.78, 5) is 32.0. The average molecular weight is 490 g/mol. The Balaban J connectivity index is 1.56. The monoisotopic (exact) mass is 489 g/mol. The predicted molar refractivity (Wildman–Crippen MR) is 131 cm³/mol. The number of imidazole rings is 1. The summed E-state index contributed by atoms with van der Waals surface area (Å²) in [5.74, 6) is -0.787. The lowest BCUT2D eigenvalue weighted by atomic mass is 9.94. The Kier molecular flexibility index (Phi) is 6.13. The number of aryl methyl sites for hydroxylation is 1. The van der Waals surface area contributed by atoms with Crippen molar-refractivity contribution in [3.8, 4) is 17.2 Å². The third-order valence-electron chi connectivity index (χ3n) is 6.60. The Labute approximate surface area is 208 Å². The molecule has 5 rings (SSSR count). The van der Waals surface area contributed by atoms with Crippen LogP contribution in [0.1, 0.15) is 36.1 Å². The fourth-order valence-corrected chi connectivity index (χ4v) is 4.89. The molecule has 186 valence electrons. The molecule has 0 unspecified atom stereocenters. The third-order valence-corrected chi connectivity index (χ3v) is 6.60. The van der Waals surface area contributed by atoms with Crippen molar-refractivity contribution in [1.29, 1.82) is 0 Å². The fourth-order valence-electron chi connectivity index (χ4n) is 4.89. The quantitative estimate of drug-likeness (QED) is 0.297. The summed E-state index contributed by atoms with van der Waals surface area (Å²) in [5.41, 5.74) is 1.93. The van der Waals surface area contributed by atoms with Crippen LogP contribution in [0.15, 0.2) is 60.7 Å². The number of amides is 1. The summed E-state index contributed by atoms with van der Waals surface area (Å²) in [6.07, 6.45) is 6.49. The van der Waals surface area contributed by atoms with Crippen LogP contribution in [0.4, 0.5) is 0 Å². The molecule has 9 nitrogen and oxygen atoms in total. The first kappa shape index (κ1) is 23.5. The zero-order chi connectivity index (χ0) is 25.4. The van der Waals surface area contributed by atoms with Crippen LogP contribution in [0, 0.1) is 0 Å². The first-order valence-corrected chi connectivity index (χ1v) is 11.8. The van der Waals surface area contributed by atoms with Crippen LogP contribution in [0.25, 0.3) is 5.76 Å². The molecule has 1 fully saturated rings. The van der Waals surface area contributed by atoms with Crippen molar-refractivity contribution in [2.75, 3.05) is 13.7 Å². The van der Waals surface area contributed by atoms with Gasteiger partial charge in [-0.2, -0.15) is 0 Å². The first-order chi connectivity index (χ1) is 17.4. The van der Waals surface area contributed by atoms with Crippen LogP contribution in [0.2, 0.25) is 0 Å². The molecule has 36 heavy (non-hydrogen) atoms. The highest BCUT2D eigenvalue weighted by molar-refractivity contribution is 6.46. The van der Waals surface area contributed by atoms with E-state index in [9.17, 15) is 19.8 Å². The number of fused-ring (bicyclic) bond motifs is 1. The van der Waals surface area contributed by atoms with Crippen molar-refractivity contribution in [3.63, 3.8) is 0 Å². The molecule has 2 atom stereocenters. The van der Waals surface area contributed by atoms with E-state index in [-0.39, 0.29) is 35.5 Å². The van der Waals surface area contributed by atoms with E-state index in [0.717, 1.165) is 11.3 Å². The van der Waals surface area contributed by atoms with Gasteiger partial charge in [-0.15, -0.1) is 0 Å². The second-order valence-corrected chi connectivity index (χ2v) is 9.03. The highest BCUT2D eigenvalue weighted by Gasteiger charge is 2.46. The Morgan fingerprint density at radius 2 is 2.03 bits per heavy atom. The first-order valence-electron chi connectivity index (χ1n) is 11.8. The molecule has 2 N–H and O–H groups in total. The minimum absolute atomic E-state index is 0.00212. The van der Waals surface area contributed by atoms with E-state index in [1.165, 1.54) is 18.1 Å². The van der Waals surface area contributed by atoms with Gasteiger partial charge in [-0.1, -0.05) is 6.07 Å². The number of nitrogens with zero attached hydrogens (tertiary/aromatic N) is 3. The van der Waals surface area contributed by atoms with E-state index >= 15 is 0 Å². The van der Waals surface area contributed by atoms with E-state index in [4.69, 9.17) is 9.47 Å². The molecule has 2 aliphatic heterocycles. The molecule has 3 aromatic rings. The number of methoxy groups -OCH3 is 1. The van der Waals surface area contributed by atoms with Gasteiger partial charge in [-0.3, -0.25) is 9.59 Å². The van der Waals surface area contributed by atoms with Gasteiger partial charge in [0.1, 0.15) is 17.6 Å². The van der Waals surface area contributed by atoms with Crippen LogP contribution in [0.5, 0.6) is 17.2 Å². The van der Waals surface area contributed by atoms with Gasteiger partial charge in [0.15, 0.2) is 11.5 Å². The summed E-state index contributed by atoms with van der Waals surface area (Å²) in [6, 6.07) is 9.08. The maximum Gasteiger partial charge on any atom is 0.295 e. The van der Waals surface area contributed by atoms with Gasteiger partial charge in [-0.25, -0.2) is 4.98 Å².